The number of aromatic amines is 1. The molecule has 0 saturated carbocycles. The molecule has 25 heavy (non-hydrogen) atoms. The Kier molecular flexibility index (Phi) is 5.15. The molecule has 1 aliphatic heterocycles. The van der Waals surface area contributed by atoms with Gasteiger partial charge in [0.1, 0.15) is 0 Å². The highest BCUT2D eigenvalue weighted by molar-refractivity contribution is 8.14. The quantitative estimate of drug-likeness (QED) is 0.798. The van der Waals surface area contributed by atoms with Crippen molar-refractivity contribution in [2.24, 2.45) is 10.1 Å². The Morgan fingerprint density at radius 3 is 2.84 bits per heavy atom. The smallest absolute Gasteiger partial charge is 0.339 e. The number of amidine groups is 1. The minimum atomic E-state index is -0.349. The number of hydrogen-bond acceptors (Lipinski definition) is 5. The molecule has 0 fully saturated rings. The van der Waals surface area contributed by atoms with Crippen molar-refractivity contribution in [1.82, 2.24) is 10.4 Å². The maximum absolute atomic E-state index is 11.9. The zero-order valence-electron chi connectivity index (χ0n) is 14.0. The number of aliphatic imine (C=N–C) groups is 1. The van der Waals surface area contributed by atoms with E-state index in [4.69, 9.17) is 16.3 Å². The second-order valence-electron chi connectivity index (χ2n) is 5.47. The van der Waals surface area contributed by atoms with E-state index in [2.05, 4.69) is 20.5 Å². The van der Waals surface area contributed by atoms with E-state index in [1.807, 2.05) is 26.0 Å². The second-order valence-corrected chi connectivity index (χ2v) is 6.87. The average molecular weight is 377 g/mol. The van der Waals surface area contributed by atoms with Crippen molar-refractivity contribution in [3.05, 3.63) is 51.8 Å². The Morgan fingerprint density at radius 2 is 2.20 bits per heavy atom. The van der Waals surface area contributed by atoms with Crippen molar-refractivity contribution in [2.75, 3.05) is 12.9 Å². The van der Waals surface area contributed by atoms with Crippen LogP contribution >= 0.6 is 23.4 Å². The van der Waals surface area contributed by atoms with Crippen LogP contribution in [0.4, 0.5) is 5.69 Å². The fourth-order valence-corrected chi connectivity index (χ4v) is 3.56. The molecule has 0 aliphatic carbocycles. The van der Waals surface area contributed by atoms with Crippen molar-refractivity contribution in [1.29, 1.82) is 0 Å². The van der Waals surface area contributed by atoms with Gasteiger partial charge in [0, 0.05) is 16.5 Å². The zero-order chi connectivity index (χ0) is 18.0. The van der Waals surface area contributed by atoms with Gasteiger partial charge in [-0.25, -0.2) is 9.79 Å². The topological polar surface area (TPSA) is 78.8 Å². The van der Waals surface area contributed by atoms with Gasteiger partial charge in [0.2, 0.25) is 0 Å². The molecule has 2 N–H and O–H groups in total. The van der Waals surface area contributed by atoms with Crippen LogP contribution in [0.25, 0.3) is 0 Å². The number of hydrazone groups is 1. The van der Waals surface area contributed by atoms with Crippen LogP contribution in [-0.4, -0.2) is 34.7 Å². The molecule has 1 aliphatic rings. The lowest BCUT2D eigenvalue weighted by molar-refractivity contribution is 0.0599. The third kappa shape index (κ3) is 3.72. The van der Waals surface area contributed by atoms with Crippen LogP contribution in [0.3, 0.4) is 0 Å². The Bertz CT molecular complexity index is 889. The molecule has 1 aromatic heterocycles. The predicted octanol–water partition coefficient (Wildman–Crippen LogP) is 3.80. The van der Waals surface area contributed by atoms with Gasteiger partial charge in [0.25, 0.3) is 0 Å². The molecule has 8 heteroatoms. The van der Waals surface area contributed by atoms with E-state index in [1.165, 1.54) is 18.9 Å². The Hall–Kier alpha value is -2.25. The van der Waals surface area contributed by atoms with Crippen molar-refractivity contribution in [2.45, 2.75) is 13.8 Å². The zero-order valence-corrected chi connectivity index (χ0v) is 15.6. The van der Waals surface area contributed by atoms with E-state index >= 15 is 0 Å². The minimum absolute atomic E-state index is 0.349. The lowest BCUT2D eigenvalue weighted by Crippen LogP contribution is -2.25. The normalized spacial score (nSPS) is 15.7. The summed E-state index contributed by atoms with van der Waals surface area (Å²) in [5, 5.41) is 5.73. The monoisotopic (exact) mass is 376 g/mol. The summed E-state index contributed by atoms with van der Waals surface area (Å²) in [6.07, 6.45) is 0. The molecule has 3 rings (SSSR count). The van der Waals surface area contributed by atoms with Crippen LogP contribution in [0.2, 0.25) is 5.02 Å². The van der Waals surface area contributed by atoms with Crippen LogP contribution in [0.5, 0.6) is 0 Å². The molecule has 0 unspecified atom stereocenters. The van der Waals surface area contributed by atoms with Gasteiger partial charge >= 0.3 is 5.97 Å². The number of ether oxygens (including phenoxy) is 1. The summed E-state index contributed by atoms with van der Waals surface area (Å²) in [6.45, 7) is 3.73. The number of aryl methyl sites for hydroxylation is 1. The summed E-state index contributed by atoms with van der Waals surface area (Å²) >= 11 is 7.51. The Morgan fingerprint density at radius 1 is 1.40 bits per heavy atom. The molecule has 0 radical (unpaired) electrons. The first-order valence-corrected chi connectivity index (χ1v) is 8.93. The van der Waals surface area contributed by atoms with Gasteiger partial charge < -0.3 is 9.72 Å². The summed E-state index contributed by atoms with van der Waals surface area (Å²) in [7, 11) is 1.38. The number of carbonyl (C=O) groups is 1. The van der Waals surface area contributed by atoms with Crippen LogP contribution in [0, 0.1) is 13.8 Å². The van der Waals surface area contributed by atoms with Crippen molar-refractivity contribution in [3.63, 3.8) is 0 Å². The van der Waals surface area contributed by atoms with Gasteiger partial charge in [-0.3, -0.25) is 5.43 Å². The molecule has 2 heterocycles. The number of carbonyl (C=O) groups excluding carboxylic acids is 1. The lowest BCUT2D eigenvalue weighted by atomic mass is 10.1. The molecule has 0 spiro atoms. The maximum atomic E-state index is 11.9. The molecule has 1 aromatic carbocycles. The first-order chi connectivity index (χ1) is 12.0. The highest BCUT2D eigenvalue weighted by Gasteiger charge is 2.23. The summed E-state index contributed by atoms with van der Waals surface area (Å²) < 4.78 is 4.84. The Balaban J connectivity index is 1.83. The van der Waals surface area contributed by atoms with Crippen molar-refractivity contribution < 1.29 is 9.53 Å². The molecule has 0 atom stereocenters. The highest BCUT2D eigenvalue weighted by Crippen LogP contribution is 2.24. The number of methoxy groups -OCH3 is 1. The van der Waals surface area contributed by atoms with Gasteiger partial charge in [-0.05, 0) is 37.6 Å². The lowest BCUT2D eigenvalue weighted by Gasteiger charge is -2.14. The van der Waals surface area contributed by atoms with Gasteiger partial charge in [0.15, 0.2) is 5.17 Å². The van der Waals surface area contributed by atoms with Crippen LogP contribution in [0.15, 0.2) is 34.4 Å². The number of hydrogen-bond donors (Lipinski definition) is 2. The van der Waals surface area contributed by atoms with E-state index in [9.17, 15) is 4.79 Å². The molecule has 0 saturated heterocycles. The predicted molar refractivity (Wildman–Crippen MR) is 102 cm³/mol. The third-order valence-corrected chi connectivity index (χ3v) is 4.90. The van der Waals surface area contributed by atoms with Gasteiger partial charge in [-0.2, -0.15) is 5.10 Å². The van der Waals surface area contributed by atoms with Gasteiger partial charge in [0.05, 0.1) is 29.8 Å². The number of aromatic nitrogens is 1. The number of esters is 1. The molecule has 0 bridgehead atoms. The van der Waals surface area contributed by atoms with Gasteiger partial charge in [-0.15, -0.1) is 0 Å². The van der Waals surface area contributed by atoms with E-state index < -0.39 is 0 Å². The second kappa shape index (κ2) is 7.33. The van der Waals surface area contributed by atoms with Gasteiger partial charge in [-0.1, -0.05) is 29.4 Å². The van der Waals surface area contributed by atoms with Crippen LogP contribution in [0.1, 0.15) is 27.3 Å². The van der Waals surface area contributed by atoms with Crippen LogP contribution < -0.4 is 5.43 Å². The first kappa shape index (κ1) is 17.6. The van der Waals surface area contributed by atoms with E-state index in [1.54, 1.807) is 12.1 Å². The van der Waals surface area contributed by atoms with E-state index in [0.717, 1.165) is 28.4 Å². The average Bonchev–Trinajstić information content (AvgIpc) is 2.89. The van der Waals surface area contributed by atoms with E-state index in [0.29, 0.717) is 21.5 Å². The first-order valence-electron chi connectivity index (χ1n) is 7.57. The molecule has 2 aromatic rings. The maximum Gasteiger partial charge on any atom is 0.339 e. The summed E-state index contributed by atoms with van der Waals surface area (Å²) in [5.74, 6) is 0.283. The molecule has 0 amide bonds. The standard InChI is InChI=1S/C17H17ClN4O2S/c1-9-14(16(23)24-3)10(2)19-15(9)13-8-25-17(22-21-13)20-12-6-4-5-11(18)7-12/h4-7,19H,8H2,1-3H3,(H,20,22). The summed E-state index contributed by atoms with van der Waals surface area (Å²) in [4.78, 5) is 19.6. The molecular weight excluding hydrogens is 360 g/mol. The van der Waals surface area contributed by atoms with Crippen molar-refractivity contribution >= 4 is 45.9 Å². The fraction of sp³-hybridized carbons (Fsp3) is 0.235. The number of nitrogens with zero attached hydrogens (tertiary/aromatic N) is 2. The minimum Gasteiger partial charge on any atom is -0.465 e. The molecular formula is C17H17ClN4O2S. The summed E-state index contributed by atoms with van der Waals surface area (Å²) in [6, 6.07) is 7.32. The largest absolute Gasteiger partial charge is 0.465 e. The van der Waals surface area contributed by atoms with Crippen molar-refractivity contribution in [3.8, 4) is 0 Å². The number of nitrogens with one attached hydrogen (secondary N) is 2. The Labute approximate surface area is 154 Å². The SMILES string of the molecule is COC(=O)c1c(C)[nH]c(C2=NNC(=Nc3cccc(Cl)c3)SC2)c1C. The fourth-order valence-electron chi connectivity index (χ4n) is 2.61. The molecule has 130 valence electrons. The number of thioether (sulfide) groups is 1. The van der Waals surface area contributed by atoms with E-state index in [-0.39, 0.29) is 5.97 Å². The number of rotatable bonds is 3. The number of benzene rings is 1. The summed E-state index contributed by atoms with van der Waals surface area (Å²) in [5.41, 5.74) is 7.54. The highest BCUT2D eigenvalue weighted by atomic mass is 35.5. The molecule has 6 nitrogen and oxygen atoms in total. The van der Waals surface area contributed by atoms with Crippen LogP contribution in [-0.2, 0) is 4.74 Å². The number of H-pyrrole nitrogens is 1. The number of halogens is 1. The third-order valence-electron chi connectivity index (χ3n) is 3.79.